The van der Waals surface area contributed by atoms with Crippen LogP contribution in [0.4, 0.5) is 8.78 Å². The molecule has 2 nitrogen and oxygen atoms in total. The van der Waals surface area contributed by atoms with Crippen LogP contribution < -0.4 is 5.32 Å². The van der Waals surface area contributed by atoms with Crippen molar-refractivity contribution in [2.24, 2.45) is 0 Å². The molecule has 1 unspecified atom stereocenters. The molecule has 0 spiro atoms. The minimum absolute atomic E-state index is 0.280. The molecule has 6 heteroatoms. The van der Waals surface area contributed by atoms with E-state index in [-0.39, 0.29) is 4.47 Å². The summed E-state index contributed by atoms with van der Waals surface area (Å²) in [5, 5.41) is 2.96. The summed E-state index contributed by atoms with van der Waals surface area (Å²) in [4.78, 5) is 11.8. The van der Waals surface area contributed by atoms with Crippen molar-refractivity contribution in [2.45, 2.75) is 24.5 Å². The van der Waals surface area contributed by atoms with Crippen molar-refractivity contribution < 1.29 is 13.6 Å². The summed E-state index contributed by atoms with van der Waals surface area (Å²) in [6.45, 7) is 0.457. The largest absolute Gasteiger partial charge is 0.351 e. The van der Waals surface area contributed by atoms with Gasteiger partial charge in [-0.25, -0.2) is 8.78 Å². The Morgan fingerprint density at radius 3 is 2.63 bits per heavy atom. The van der Waals surface area contributed by atoms with Gasteiger partial charge in [-0.05, 0) is 30.7 Å². The van der Waals surface area contributed by atoms with E-state index in [0.29, 0.717) is 11.8 Å². The highest BCUT2D eigenvalue weighted by Crippen LogP contribution is 2.24. The van der Waals surface area contributed by atoms with Gasteiger partial charge in [0.15, 0.2) is 0 Å². The van der Waals surface area contributed by atoms with Gasteiger partial charge in [0, 0.05) is 16.3 Å². The number of hydrogen-bond donors (Lipinski definition) is 1. The number of carbonyl (C=O) groups is 1. The summed E-state index contributed by atoms with van der Waals surface area (Å²) >= 11 is 4.78. The molecule has 1 atom stereocenters. The van der Waals surface area contributed by atoms with Crippen LogP contribution in [-0.4, -0.2) is 23.5 Å². The lowest BCUT2D eigenvalue weighted by Gasteiger charge is -2.21. The molecule has 1 aromatic carbocycles. The van der Waals surface area contributed by atoms with Gasteiger partial charge in [-0.15, -0.1) is 0 Å². The van der Waals surface area contributed by atoms with Crippen LogP contribution in [0.3, 0.4) is 0 Å². The monoisotopic (exact) mass is 349 g/mol. The maximum Gasteiger partial charge on any atom is 0.257 e. The Morgan fingerprint density at radius 1 is 1.37 bits per heavy atom. The molecule has 0 saturated carbocycles. The highest BCUT2D eigenvalue weighted by Gasteiger charge is 2.20. The standard InChI is InChI=1S/C13H14BrF2NOS/c14-8-5-10(15)12(11(16)6-8)13(18)17-7-9-3-1-2-4-19-9/h5-6,9H,1-4,7H2,(H,17,18). The number of nitrogens with one attached hydrogen (secondary N) is 1. The lowest BCUT2D eigenvalue weighted by molar-refractivity contribution is 0.0945. The fourth-order valence-electron chi connectivity index (χ4n) is 2.02. The van der Waals surface area contributed by atoms with E-state index >= 15 is 0 Å². The predicted molar refractivity (Wildman–Crippen MR) is 76.5 cm³/mol. The second kappa shape index (κ2) is 6.70. The summed E-state index contributed by atoms with van der Waals surface area (Å²) in [6.07, 6.45) is 3.38. The maximum atomic E-state index is 13.6. The summed E-state index contributed by atoms with van der Waals surface area (Å²) in [7, 11) is 0. The van der Waals surface area contributed by atoms with Gasteiger partial charge in [0.1, 0.15) is 17.2 Å². The van der Waals surface area contributed by atoms with Crippen LogP contribution >= 0.6 is 27.7 Å². The van der Waals surface area contributed by atoms with Gasteiger partial charge in [0.05, 0.1) is 0 Å². The molecule has 1 aliphatic heterocycles. The Labute approximate surface area is 123 Å². The van der Waals surface area contributed by atoms with E-state index < -0.39 is 23.1 Å². The van der Waals surface area contributed by atoms with Crippen molar-refractivity contribution in [2.75, 3.05) is 12.3 Å². The molecule has 1 heterocycles. The number of carbonyl (C=O) groups excluding carboxylic acids is 1. The Morgan fingerprint density at radius 2 is 2.05 bits per heavy atom. The molecule has 2 rings (SSSR count). The predicted octanol–water partition coefficient (Wildman–Crippen LogP) is 3.74. The lowest BCUT2D eigenvalue weighted by Crippen LogP contribution is -2.33. The minimum atomic E-state index is -0.847. The van der Waals surface area contributed by atoms with Gasteiger partial charge >= 0.3 is 0 Å². The van der Waals surface area contributed by atoms with E-state index in [0.717, 1.165) is 30.7 Å². The average molecular weight is 350 g/mol. The number of thioether (sulfide) groups is 1. The Bertz CT molecular complexity index is 455. The first-order valence-corrected chi connectivity index (χ1v) is 7.96. The number of rotatable bonds is 3. The Hall–Kier alpha value is -0.620. The number of hydrogen-bond acceptors (Lipinski definition) is 2. The molecule has 1 aromatic rings. The third kappa shape index (κ3) is 3.92. The molecule has 1 N–H and O–H groups in total. The molecule has 0 aromatic heterocycles. The van der Waals surface area contributed by atoms with Gasteiger partial charge in [-0.1, -0.05) is 22.4 Å². The molecule has 1 aliphatic rings. The van der Waals surface area contributed by atoms with Crippen molar-refractivity contribution in [3.8, 4) is 0 Å². The zero-order valence-electron chi connectivity index (χ0n) is 10.2. The topological polar surface area (TPSA) is 29.1 Å². The summed E-state index contributed by atoms with van der Waals surface area (Å²) < 4.78 is 27.5. The van der Waals surface area contributed by atoms with Gasteiger partial charge in [0.25, 0.3) is 5.91 Å². The maximum absolute atomic E-state index is 13.6. The zero-order chi connectivity index (χ0) is 13.8. The molecule has 0 bridgehead atoms. The van der Waals surface area contributed by atoms with Crippen molar-refractivity contribution >= 4 is 33.6 Å². The van der Waals surface area contributed by atoms with Crippen molar-refractivity contribution in [1.29, 1.82) is 0 Å². The van der Waals surface area contributed by atoms with Crippen molar-refractivity contribution in [1.82, 2.24) is 5.32 Å². The molecule has 1 saturated heterocycles. The van der Waals surface area contributed by atoms with E-state index in [2.05, 4.69) is 21.2 Å². The van der Waals surface area contributed by atoms with Crippen molar-refractivity contribution in [3.63, 3.8) is 0 Å². The molecule has 0 radical (unpaired) electrons. The molecular formula is C13H14BrF2NOS. The number of amides is 1. The molecule has 19 heavy (non-hydrogen) atoms. The van der Waals surface area contributed by atoms with Crippen LogP contribution in [0, 0.1) is 11.6 Å². The second-order valence-electron chi connectivity index (χ2n) is 4.44. The average Bonchev–Trinajstić information content (AvgIpc) is 2.36. The van der Waals surface area contributed by atoms with E-state index in [4.69, 9.17) is 0 Å². The highest BCUT2D eigenvalue weighted by atomic mass is 79.9. The van der Waals surface area contributed by atoms with E-state index in [1.54, 1.807) is 11.8 Å². The Kier molecular flexibility index (Phi) is 5.21. The molecule has 1 fully saturated rings. The quantitative estimate of drug-likeness (QED) is 0.900. The third-order valence-electron chi connectivity index (χ3n) is 3.00. The van der Waals surface area contributed by atoms with Gasteiger partial charge in [-0.3, -0.25) is 4.79 Å². The minimum Gasteiger partial charge on any atom is -0.351 e. The second-order valence-corrected chi connectivity index (χ2v) is 6.77. The van der Waals surface area contributed by atoms with Crippen molar-refractivity contribution in [3.05, 3.63) is 33.8 Å². The number of halogens is 3. The van der Waals surface area contributed by atoms with Crippen LogP contribution in [0.1, 0.15) is 29.6 Å². The third-order valence-corrected chi connectivity index (χ3v) is 4.85. The van der Waals surface area contributed by atoms with E-state index in [9.17, 15) is 13.6 Å². The Balaban J connectivity index is 1.99. The number of benzene rings is 1. The van der Waals surface area contributed by atoms with Gasteiger partial charge in [-0.2, -0.15) is 11.8 Å². The molecular weight excluding hydrogens is 336 g/mol. The highest BCUT2D eigenvalue weighted by molar-refractivity contribution is 9.10. The summed E-state index contributed by atoms with van der Waals surface area (Å²) in [6, 6.07) is 2.18. The molecule has 104 valence electrons. The lowest BCUT2D eigenvalue weighted by atomic mass is 10.1. The van der Waals surface area contributed by atoms with E-state index in [1.165, 1.54) is 6.42 Å². The van der Waals surface area contributed by atoms with Crippen LogP contribution in [-0.2, 0) is 0 Å². The first kappa shape index (κ1) is 14.8. The van der Waals surface area contributed by atoms with Crippen LogP contribution in [0.25, 0.3) is 0 Å². The summed E-state index contributed by atoms with van der Waals surface area (Å²) in [5.41, 5.74) is -0.510. The van der Waals surface area contributed by atoms with Gasteiger partial charge in [0.2, 0.25) is 0 Å². The smallest absolute Gasteiger partial charge is 0.257 e. The first-order chi connectivity index (χ1) is 9.08. The van der Waals surface area contributed by atoms with E-state index in [1.807, 2.05) is 0 Å². The fourth-order valence-corrected chi connectivity index (χ4v) is 3.66. The normalized spacial score (nSPS) is 19.2. The van der Waals surface area contributed by atoms with Gasteiger partial charge < -0.3 is 5.32 Å². The molecule has 1 amide bonds. The van der Waals surface area contributed by atoms with Crippen LogP contribution in [0.5, 0.6) is 0 Å². The summed E-state index contributed by atoms with van der Waals surface area (Å²) in [5.74, 6) is -1.29. The first-order valence-electron chi connectivity index (χ1n) is 6.12. The molecule has 0 aliphatic carbocycles. The zero-order valence-corrected chi connectivity index (χ0v) is 12.6. The van der Waals surface area contributed by atoms with Crippen LogP contribution in [0.2, 0.25) is 0 Å². The fraction of sp³-hybridized carbons (Fsp3) is 0.462. The van der Waals surface area contributed by atoms with Crippen LogP contribution in [0.15, 0.2) is 16.6 Å². The SMILES string of the molecule is O=C(NCC1CCCCS1)c1c(F)cc(Br)cc1F.